The van der Waals surface area contributed by atoms with Crippen LogP contribution in [0.3, 0.4) is 0 Å². The highest BCUT2D eigenvalue weighted by molar-refractivity contribution is 5.96. The van der Waals surface area contributed by atoms with E-state index in [1.807, 2.05) is 0 Å². The van der Waals surface area contributed by atoms with Gasteiger partial charge in [-0.2, -0.15) is 0 Å². The highest BCUT2D eigenvalue weighted by Gasteiger charge is 2.11. The number of primary amides is 1. The topological polar surface area (TPSA) is 98.2 Å². The predicted molar refractivity (Wildman–Crippen MR) is 61.8 cm³/mol. The summed E-state index contributed by atoms with van der Waals surface area (Å²) < 4.78 is 13.1. The van der Waals surface area contributed by atoms with Crippen molar-refractivity contribution in [3.63, 3.8) is 0 Å². The van der Waals surface area contributed by atoms with E-state index in [9.17, 15) is 14.0 Å². The molecule has 0 heterocycles. The van der Waals surface area contributed by atoms with Gasteiger partial charge in [0.15, 0.2) is 0 Å². The third-order valence-electron chi connectivity index (χ3n) is 2.02. The summed E-state index contributed by atoms with van der Waals surface area (Å²) in [4.78, 5) is 22.3. The van der Waals surface area contributed by atoms with Gasteiger partial charge in [-0.3, -0.25) is 9.59 Å². The van der Waals surface area contributed by atoms with E-state index in [-0.39, 0.29) is 23.9 Å². The molecule has 17 heavy (non-hydrogen) atoms. The Morgan fingerprint density at radius 3 is 2.65 bits per heavy atom. The second-order valence-corrected chi connectivity index (χ2v) is 3.79. The Bertz CT molecular complexity index is 446. The smallest absolute Gasteiger partial charge is 0.251 e. The Morgan fingerprint density at radius 2 is 2.12 bits per heavy atom. The van der Waals surface area contributed by atoms with Gasteiger partial charge >= 0.3 is 0 Å². The number of nitrogens with two attached hydrogens (primary N) is 2. The van der Waals surface area contributed by atoms with Gasteiger partial charge in [0.1, 0.15) is 5.82 Å². The predicted octanol–water partition coefficient (Wildman–Crippen LogP) is 0.600. The molecule has 6 heteroatoms. The molecule has 0 saturated heterocycles. The summed E-state index contributed by atoms with van der Waals surface area (Å²) in [6.45, 7) is 1.69. The van der Waals surface area contributed by atoms with Crippen LogP contribution in [0.2, 0.25) is 0 Å². The number of amides is 2. The van der Waals surface area contributed by atoms with Gasteiger partial charge in [0.05, 0.1) is 5.56 Å². The van der Waals surface area contributed by atoms with Crippen molar-refractivity contribution in [2.45, 2.75) is 19.4 Å². The molecule has 1 aromatic rings. The number of hydrogen-bond acceptors (Lipinski definition) is 3. The number of hydrogen-bond donors (Lipinski definition) is 3. The first kappa shape index (κ1) is 13.1. The molecule has 0 saturated carbocycles. The van der Waals surface area contributed by atoms with Crippen LogP contribution >= 0.6 is 0 Å². The number of anilines is 1. The molecule has 0 spiro atoms. The van der Waals surface area contributed by atoms with Gasteiger partial charge in [-0.15, -0.1) is 0 Å². The van der Waals surface area contributed by atoms with Crippen molar-refractivity contribution in [2.75, 3.05) is 5.32 Å². The van der Waals surface area contributed by atoms with E-state index >= 15 is 0 Å². The quantitative estimate of drug-likeness (QED) is 0.717. The SMILES string of the molecule is CC(N)CC(=O)Nc1ccc(F)c(C(N)=O)c1. The zero-order valence-electron chi connectivity index (χ0n) is 9.37. The van der Waals surface area contributed by atoms with E-state index in [4.69, 9.17) is 11.5 Å². The van der Waals surface area contributed by atoms with Crippen LogP contribution in [0.15, 0.2) is 18.2 Å². The summed E-state index contributed by atoms with van der Waals surface area (Å²) in [6, 6.07) is 3.34. The first-order valence-corrected chi connectivity index (χ1v) is 5.05. The molecule has 0 fully saturated rings. The highest BCUT2D eigenvalue weighted by atomic mass is 19.1. The van der Waals surface area contributed by atoms with Crippen LogP contribution in [0.5, 0.6) is 0 Å². The van der Waals surface area contributed by atoms with E-state index < -0.39 is 11.7 Å². The Kier molecular flexibility index (Phi) is 4.17. The molecular weight excluding hydrogens is 225 g/mol. The molecule has 1 unspecified atom stereocenters. The number of halogens is 1. The molecule has 2 amide bonds. The fourth-order valence-electron chi connectivity index (χ4n) is 1.30. The van der Waals surface area contributed by atoms with Crippen molar-refractivity contribution < 1.29 is 14.0 Å². The normalized spacial score (nSPS) is 11.9. The lowest BCUT2D eigenvalue weighted by molar-refractivity contribution is -0.116. The van der Waals surface area contributed by atoms with Gasteiger partial charge < -0.3 is 16.8 Å². The van der Waals surface area contributed by atoms with Crippen LogP contribution in [0, 0.1) is 5.82 Å². The summed E-state index contributed by atoms with van der Waals surface area (Å²) in [6.07, 6.45) is 0.142. The van der Waals surface area contributed by atoms with Crippen molar-refractivity contribution in [3.8, 4) is 0 Å². The lowest BCUT2D eigenvalue weighted by atomic mass is 10.1. The van der Waals surface area contributed by atoms with E-state index in [2.05, 4.69) is 5.32 Å². The van der Waals surface area contributed by atoms with Gasteiger partial charge in [0, 0.05) is 18.2 Å². The molecule has 0 radical (unpaired) electrons. The van der Waals surface area contributed by atoms with E-state index in [0.29, 0.717) is 5.69 Å². The number of benzene rings is 1. The third kappa shape index (κ3) is 3.84. The minimum atomic E-state index is -0.884. The number of rotatable bonds is 4. The molecule has 0 aliphatic heterocycles. The molecule has 5 nitrogen and oxygen atoms in total. The molecule has 1 aromatic carbocycles. The second-order valence-electron chi connectivity index (χ2n) is 3.79. The van der Waals surface area contributed by atoms with E-state index in [1.165, 1.54) is 12.1 Å². The minimum absolute atomic E-state index is 0.142. The van der Waals surface area contributed by atoms with Crippen LogP contribution in [0.25, 0.3) is 0 Å². The molecule has 0 bridgehead atoms. The van der Waals surface area contributed by atoms with Gasteiger partial charge in [-0.1, -0.05) is 0 Å². The van der Waals surface area contributed by atoms with Crippen LogP contribution < -0.4 is 16.8 Å². The van der Waals surface area contributed by atoms with Crippen LogP contribution in [-0.2, 0) is 4.79 Å². The number of nitrogens with one attached hydrogen (secondary N) is 1. The Morgan fingerprint density at radius 1 is 1.47 bits per heavy atom. The summed E-state index contributed by atoms with van der Waals surface area (Å²) in [5, 5.41) is 2.50. The summed E-state index contributed by atoms with van der Waals surface area (Å²) >= 11 is 0. The van der Waals surface area contributed by atoms with E-state index in [0.717, 1.165) is 6.07 Å². The molecule has 0 aliphatic carbocycles. The Balaban J connectivity index is 2.82. The van der Waals surface area contributed by atoms with Gasteiger partial charge in [0.25, 0.3) is 5.91 Å². The third-order valence-corrected chi connectivity index (χ3v) is 2.02. The molecule has 0 aliphatic rings. The average Bonchev–Trinajstić information content (AvgIpc) is 2.19. The van der Waals surface area contributed by atoms with Crippen molar-refractivity contribution in [1.29, 1.82) is 0 Å². The molecule has 5 N–H and O–H groups in total. The maximum absolute atomic E-state index is 13.1. The average molecular weight is 239 g/mol. The molecule has 92 valence electrons. The fourth-order valence-corrected chi connectivity index (χ4v) is 1.30. The maximum Gasteiger partial charge on any atom is 0.251 e. The summed E-state index contributed by atoms with van der Waals surface area (Å²) in [5.41, 5.74) is 10.5. The fraction of sp³-hybridized carbons (Fsp3) is 0.273. The van der Waals surface area contributed by atoms with Crippen LogP contribution in [0.4, 0.5) is 10.1 Å². The second kappa shape index (κ2) is 5.40. The molecular formula is C11H14FN3O2. The largest absolute Gasteiger partial charge is 0.366 e. The summed E-state index contributed by atoms with van der Waals surface area (Å²) in [5.74, 6) is -1.91. The number of carbonyl (C=O) groups excluding carboxylic acids is 2. The zero-order chi connectivity index (χ0) is 13.0. The zero-order valence-corrected chi connectivity index (χ0v) is 9.37. The minimum Gasteiger partial charge on any atom is -0.366 e. The first-order valence-electron chi connectivity index (χ1n) is 5.05. The van der Waals surface area contributed by atoms with Crippen LogP contribution in [0.1, 0.15) is 23.7 Å². The maximum atomic E-state index is 13.1. The Labute approximate surface area is 98.0 Å². The standard InChI is InChI=1S/C11H14FN3O2/c1-6(13)4-10(16)15-7-2-3-9(12)8(5-7)11(14)17/h2-3,5-6H,4,13H2,1H3,(H2,14,17)(H,15,16). The summed E-state index contributed by atoms with van der Waals surface area (Å²) in [7, 11) is 0. The first-order chi connectivity index (χ1) is 7.90. The van der Waals surface area contributed by atoms with Gasteiger partial charge in [0.2, 0.25) is 5.91 Å². The highest BCUT2D eigenvalue weighted by Crippen LogP contribution is 2.14. The van der Waals surface area contributed by atoms with Gasteiger partial charge in [-0.05, 0) is 25.1 Å². The lowest BCUT2D eigenvalue weighted by Gasteiger charge is -2.08. The van der Waals surface area contributed by atoms with Crippen molar-refractivity contribution >= 4 is 17.5 Å². The lowest BCUT2D eigenvalue weighted by Crippen LogP contribution is -2.24. The molecule has 1 atom stereocenters. The van der Waals surface area contributed by atoms with Crippen molar-refractivity contribution in [3.05, 3.63) is 29.6 Å². The number of carbonyl (C=O) groups is 2. The monoisotopic (exact) mass is 239 g/mol. The molecule has 1 rings (SSSR count). The van der Waals surface area contributed by atoms with Crippen LogP contribution in [-0.4, -0.2) is 17.9 Å². The van der Waals surface area contributed by atoms with Gasteiger partial charge in [-0.25, -0.2) is 4.39 Å². The molecule has 0 aromatic heterocycles. The van der Waals surface area contributed by atoms with Crippen molar-refractivity contribution in [2.24, 2.45) is 11.5 Å². The van der Waals surface area contributed by atoms with E-state index in [1.54, 1.807) is 6.92 Å². The van der Waals surface area contributed by atoms with Crippen molar-refractivity contribution in [1.82, 2.24) is 0 Å². The Hall–Kier alpha value is -1.95.